The number of benzene rings is 1. The lowest BCUT2D eigenvalue weighted by Gasteiger charge is -2.04. The van der Waals surface area contributed by atoms with Crippen molar-refractivity contribution in [3.05, 3.63) is 30.1 Å². The fourth-order valence-electron chi connectivity index (χ4n) is 1.71. The molecule has 0 unspecified atom stereocenters. The second-order valence-electron chi connectivity index (χ2n) is 3.99. The van der Waals surface area contributed by atoms with Crippen molar-refractivity contribution in [3.8, 4) is 0 Å². The molecule has 2 aromatic rings. The Morgan fingerprint density at radius 1 is 1.53 bits per heavy atom. The summed E-state index contributed by atoms with van der Waals surface area (Å²) in [5, 5.41) is 2.82. The van der Waals surface area contributed by atoms with E-state index in [-0.39, 0.29) is 5.91 Å². The Morgan fingerprint density at radius 2 is 2.35 bits per heavy atom. The Morgan fingerprint density at radius 3 is 3.12 bits per heavy atom. The number of fused-ring (bicyclic) bond motifs is 1. The Hall–Kier alpha value is -1.88. The van der Waals surface area contributed by atoms with Crippen LogP contribution < -0.4 is 11.1 Å². The van der Waals surface area contributed by atoms with Crippen molar-refractivity contribution < 1.29 is 4.79 Å². The molecule has 17 heavy (non-hydrogen) atoms. The van der Waals surface area contributed by atoms with Crippen LogP contribution in [0.4, 0.5) is 0 Å². The van der Waals surface area contributed by atoms with Gasteiger partial charge in [0.25, 0.3) is 0 Å². The van der Waals surface area contributed by atoms with Crippen molar-refractivity contribution in [2.24, 2.45) is 12.8 Å². The molecule has 0 radical (unpaired) electrons. The Labute approximate surface area is 99.6 Å². The van der Waals surface area contributed by atoms with Gasteiger partial charge in [0, 0.05) is 26.6 Å². The van der Waals surface area contributed by atoms with E-state index in [9.17, 15) is 4.79 Å². The van der Waals surface area contributed by atoms with Gasteiger partial charge < -0.3 is 15.6 Å². The molecule has 0 aliphatic heterocycles. The monoisotopic (exact) mass is 232 g/mol. The third kappa shape index (κ3) is 2.62. The van der Waals surface area contributed by atoms with Gasteiger partial charge in [-0.3, -0.25) is 4.79 Å². The largest absolute Gasteiger partial charge is 0.352 e. The number of carbonyl (C=O) groups excluding carboxylic acids is 1. The summed E-state index contributed by atoms with van der Waals surface area (Å²) in [7, 11) is 1.96. The molecule has 0 aliphatic rings. The maximum Gasteiger partial charge on any atom is 0.221 e. The summed E-state index contributed by atoms with van der Waals surface area (Å²) in [6, 6.07) is 5.98. The summed E-state index contributed by atoms with van der Waals surface area (Å²) < 4.78 is 1.96. The smallest absolute Gasteiger partial charge is 0.221 e. The Balaban J connectivity index is 2.07. The lowest BCUT2D eigenvalue weighted by molar-refractivity contribution is -0.121. The van der Waals surface area contributed by atoms with Crippen LogP contribution in [0.15, 0.2) is 24.5 Å². The molecular weight excluding hydrogens is 216 g/mol. The highest BCUT2D eigenvalue weighted by atomic mass is 16.1. The highest BCUT2D eigenvalue weighted by molar-refractivity contribution is 5.77. The van der Waals surface area contributed by atoms with Crippen molar-refractivity contribution in [1.29, 1.82) is 0 Å². The van der Waals surface area contributed by atoms with Crippen molar-refractivity contribution in [2.75, 3.05) is 6.54 Å². The van der Waals surface area contributed by atoms with Crippen molar-refractivity contribution in [3.63, 3.8) is 0 Å². The zero-order valence-electron chi connectivity index (χ0n) is 9.81. The van der Waals surface area contributed by atoms with Gasteiger partial charge in [0.1, 0.15) is 0 Å². The first kappa shape index (κ1) is 11.6. The molecule has 0 bridgehead atoms. The second-order valence-corrected chi connectivity index (χ2v) is 3.99. The summed E-state index contributed by atoms with van der Waals surface area (Å²) >= 11 is 0. The maximum atomic E-state index is 11.3. The van der Waals surface area contributed by atoms with Crippen LogP contribution in [0, 0.1) is 0 Å². The number of amides is 1. The van der Waals surface area contributed by atoms with E-state index >= 15 is 0 Å². The summed E-state index contributed by atoms with van der Waals surface area (Å²) in [6.45, 7) is 0.899. The van der Waals surface area contributed by atoms with Crippen LogP contribution in [0.3, 0.4) is 0 Å². The number of carbonyl (C=O) groups is 1. The van der Waals surface area contributed by atoms with Crippen molar-refractivity contribution in [1.82, 2.24) is 14.9 Å². The number of nitrogens with two attached hydrogens (primary N) is 1. The quantitative estimate of drug-likeness (QED) is 0.808. The van der Waals surface area contributed by atoms with E-state index in [0.717, 1.165) is 16.6 Å². The van der Waals surface area contributed by atoms with E-state index in [1.807, 2.05) is 29.8 Å². The highest BCUT2D eigenvalue weighted by Crippen LogP contribution is 2.13. The topological polar surface area (TPSA) is 72.9 Å². The van der Waals surface area contributed by atoms with E-state index in [0.29, 0.717) is 19.5 Å². The third-order valence-corrected chi connectivity index (χ3v) is 2.65. The summed E-state index contributed by atoms with van der Waals surface area (Å²) in [5.74, 6) is -0.0198. The molecule has 0 aliphatic carbocycles. The molecule has 5 nitrogen and oxygen atoms in total. The van der Waals surface area contributed by atoms with Crippen LogP contribution in [0.25, 0.3) is 11.0 Å². The lowest BCUT2D eigenvalue weighted by Crippen LogP contribution is -2.24. The van der Waals surface area contributed by atoms with E-state index in [1.165, 1.54) is 0 Å². The molecule has 2 rings (SSSR count). The van der Waals surface area contributed by atoms with Gasteiger partial charge in [-0.05, 0) is 17.7 Å². The van der Waals surface area contributed by atoms with Crippen LogP contribution in [-0.2, 0) is 18.4 Å². The number of imidazole rings is 1. The fraction of sp³-hybridized carbons (Fsp3) is 0.333. The van der Waals surface area contributed by atoms with Crippen molar-refractivity contribution >= 4 is 16.9 Å². The zero-order chi connectivity index (χ0) is 12.3. The molecule has 1 amide bonds. The molecule has 90 valence electrons. The highest BCUT2D eigenvalue weighted by Gasteiger charge is 2.03. The Bertz CT molecular complexity index is 532. The molecule has 0 atom stereocenters. The molecule has 0 fully saturated rings. The number of nitrogens with zero attached hydrogens (tertiary/aromatic N) is 2. The SMILES string of the molecule is Cn1cnc2cc(CNC(=O)CCN)ccc21. The molecule has 5 heteroatoms. The minimum atomic E-state index is -0.0198. The van der Waals surface area contributed by atoms with E-state index < -0.39 is 0 Å². The van der Waals surface area contributed by atoms with Gasteiger partial charge in [0.2, 0.25) is 5.91 Å². The van der Waals surface area contributed by atoms with Gasteiger partial charge in [-0.2, -0.15) is 0 Å². The van der Waals surface area contributed by atoms with Crippen LogP contribution in [-0.4, -0.2) is 22.0 Å². The zero-order valence-corrected chi connectivity index (χ0v) is 9.81. The molecule has 3 N–H and O–H groups in total. The van der Waals surface area contributed by atoms with E-state index in [1.54, 1.807) is 6.33 Å². The second kappa shape index (κ2) is 4.97. The minimum absolute atomic E-state index is 0.0198. The standard InChI is InChI=1S/C12H16N4O/c1-16-8-15-10-6-9(2-3-11(10)16)7-14-12(17)4-5-13/h2-3,6,8H,4-5,7,13H2,1H3,(H,14,17). The number of hydrogen-bond donors (Lipinski definition) is 2. The third-order valence-electron chi connectivity index (χ3n) is 2.65. The predicted octanol–water partition coefficient (Wildman–Crippen LogP) is 0.538. The number of rotatable bonds is 4. The van der Waals surface area contributed by atoms with Gasteiger partial charge in [0.05, 0.1) is 17.4 Å². The fourth-order valence-corrected chi connectivity index (χ4v) is 1.71. The lowest BCUT2D eigenvalue weighted by atomic mass is 10.2. The van der Waals surface area contributed by atoms with Crippen LogP contribution >= 0.6 is 0 Å². The van der Waals surface area contributed by atoms with Gasteiger partial charge in [-0.15, -0.1) is 0 Å². The number of hydrogen-bond acceptors (Lipinski definition) is 3. The minimum Gasteiger partial charge on any atom is -0.352 e. The van der Waals surface area contributed by atoms with Gasteiger partial charge in [-0.1, -0.05) is 6.07 Å². The number of aromatic nitrogens is 2. The first-order chi connectivity index (χ1) is 8.20. The molecule has 1 heterocycles. The van der Waals surface area contributed by atoms with Gasteiger partial charge >= 0.3 is 0 Å². The molecule has 1 aromatic heterocycles. The first-order valence-electron chi connectivity index (χ1n) is 5.57. The van der Waals surface area contributed by atoms with Gasteiger partial charge in [0.15, 0.2) is 0 Å². The Kier molecular flexibility index (Phi) is 3.39. The van der Waals surface area contributed by atoms with Crippen LogP contribution in [0.2, 0.25) is 0 Å². The summed E-state index contributed by atoms with van der Waals surface area (Å²) in [5.41, 5.74) is 8.37. The molecular formula is C12H16N4O. The number of aryl methyl sites for hydroxylation is 1. The van der Waals surface area contributed by atoms with Crippen LogP contribution in [0.5, 0.6) is 0 Å². The molecule has 0 spiro atoms. The predicted molar refractivity (Wildman–Crippen MR) is 66.2 cm³/mol. The number of nitrogens with one attached hydrogen (secondary N) is 1. The van der Waals surface area contributed by atoms with Crippen LogP contribution in [0.1, 0.15) is 12.0 Å². The molecule has 0 saturated carbocycles. The van der Waals surface area contributed by atoms with E-state index in [2.05, 4.69) is 10.3 Å². The van der Waals surface area contributed by atoms with Crippen molar-refractivity contribution in [2.45, 2.75) is 13.0 Å². The van der Waals surface area contributed by atoms with Gasteiger partial charge in [-0.25, -0.2) is 4.98 Å². The average molecular weight is 232 g/mol. The summed E-state index contributed by atoms with van der Waals surface area (Å²) in [4.78, 5) is 15.5. The normalized spacial score (nSPS) is 10.7. The maximum absolute atomic E-state index is 11.3. The first-order valence-corrected chi connectivity index (χ1v) is 5.57. The molecule has 1 aromatic carbocycles. The van der Waals surface area contributed by atoms with E-state index in [4.69, 9.17) is 5.73 Å². The average Bonchev–Trinajstić information content (AvgIpc) is 2.69. The summed E-state index contributed by atoms with van der Waals surface area (Å²) in [6.07, 6.45) is 2.15. The molecule has 0 saturated heterocycles.